The summed E-state index contributed by atoms with van der Waals surface area (Å²) in [6.07, 6.45) is 3.98. The highest BCUT2D eigenvalue weighted by Gasteiger charge is 2.45. The van der Waals surface area contributed by atoms with Crippen LogP contribution in [0, 0.1) is 12.8 Å². The highest BCUT2D eigenvalue weighted by atomic mass is 32.1. The van der Waals surface area contributed by atoms with Crippen molar-refractivity contribution in [2.75, 3.05) is 19.8 Å². The molecule has 0 saturated carbocycles. The normalized spacial score (nSPS) is 27.4. The number of rotatable bonds is 5. The average Bonchev–Trinajstić information content (AvgIpc) is 3.25. The molecular formula is C17H21N3O2S. The molecular weight excluding hydrogens is 310 g/mol. The van der Waals surface area contributed by atoms with Crippen LogP contribution in [0.3, 0.4) is 0 Å². The lowest BCUT2D eigenvalue weighted by Gasteiger charge is -2.21. The number of aryl methyl sites for hydroxylation is 1. The summed E-state index contributed by atoms with van der Waals surface area (Å²) >= 11 is 1.68. The molecule has 2 aliphatic heterocycles. The molecule has 2 aromatic rings. The quantitative estimate of drug-likeness (QED) is 0.841. The number of hydrogen-bond acceptors (Lipinski definition) is 6. The molecule has 2 fully saturated rings. The van der Waals surface area contributed by atoms with E-state index in [1.807, 2.05) is 25.4 Å². The van der Waals surface area contributed by atoms with Crippen LogP contribution in [0.2, 0.25) is 0 Å². The van der Waals surface area contributed by atoms with Crippen molar-refractivity contribution < 1.29 is 9.47 Å². The standard InChI is InChI=1S/C17H21N3O2S/c1-12-19-14(11-23-12)8-22-17-7-20(16-10-21-9-15(16)17)6-13-3-2-4-18-5-13/h2-5,11,15-17H,6-10H2,1H3/t15-,16+,17+/m0/s1. The molecule has 2 aromatic heterocycles. The summed E-state index contributed by atoms with van der Waals surface area (Å²) in [5, 5.41) is 3.18. The van der Waals surface area contributed by atoms with E-state index in [1.54, 1.807) is 11.3 Å². The minimum atomic E-state index is 0.223. The second-order valence-electron chi connectivity index (χ2n) is 6.27. The lowest BCUT2D eigenvalue weighted by atomic mass is 10.0. The average molecular weight is 331 g/mol. The van der Waals surface area contributed by atoms with Crippen LogP contribution >= 0.6 is 11.3 Å². The molecule has 0 aliphatic carbocycles. The van der Waals surface area contributed by atoms with Crippen LogP contribution in [0.1, 0.15) is 16.3 Å². The first-order valence-electron chi connectivity index (χ1n) is 8.03. The smallest absolute Gasteiger partial charge is 0.0901 e. The molecule has 0 aromatic carbocycles. The predicted octanol–water partition coefficient (Wildman–Crippen LogP) is 2.26. The minimum Gasteiger partial charge on any atom is -0.379 e. The first-order valence-corrected chi connectivity index (χ1v) is 8.91. The van der Waals surface area contributed by atoms with Crippen LogP contribution in [-0.2, 0) is 22.6 Å². The number of hydrogen-bond donors (Lipinski definition) is 0. The molecule has 23 heavy (non-hydrogen) atoms. The number of thiazole rings is 1. The van der Waals surface area contributed by atoms with E-state index in [0.29, 0.717) is 18.6 Å². The molecule has 0 N–H and O–H groups in total. The van der Waals surface area contributed by atoms with Gasteiger partial charge in [-0.05, 0) is 18.6 Å². The third kappa shape index (κ3) is 3.30. The van der Waals surface area contributed by atoms with Crippen molar-refractivity contribution in [1.82, 2.24) is 14.9 Å². The number of fused-ring (bicyclic) bond motifs is 1. The SMILES string of the molecule is Cc1nc(CO[C@@H]2CN(Cc3cccnc3)[C@@H]3COC[C@@H]32)cs1. The van der Waals surface area contributed by atoms with Crippen LogP contribution < -0.4 is 0 Å². The Balaban J connectivity index is 1.40. The molecule has 0 bridgehead atoms. The maximum Gasteiger partial charge on any atom is 0.0901 e. The Kier molecular flexibility index (Phi) is 4.39. The van der Waals surface area contributed by atoms with Crippen molar-refractivity contribution in [2.45, 2.75) is 32.2 Å². The van der Waals surface area contributed by atoms with E-state index in [9.17, 15) is 0 Å². The second-order valence-corrected chi connectivity index (χ2v) is 7.33. The molecule has 0 unspecified atom stereocenters. The van der Waals surface area contributed by atoms with Crippen LogP contribution in [-0.4, -0.2) is 46.8 Å². The van der Waals surface area contributed by atoms with Gasteiger partial charge in [-0.25, -0.2) is 4.98 Å². The van der Waals surface area contributed by atoms with Gasteiger partial charge < -0.3 is 9.47 Å². The third-order valence-electron chi connectivity index (χ3n) is 4.67. The van der Waals surface area contributed by atoms with E-state index in [4.69, 9.17) is 9.47 Å². The molecule has 0 amide bonds. The van der Waals surface area contributed by atoms with E-state index in [1.165, 1.54) is 5.56 Å². The summed E-state index contributed by atoms with van der Waals surface area (Å²) in [7, 11) is 0. The highest BCUT2D eigenvalue weighted by molar-refractivity contribution is 7.09. The predicted molar refractivity (Wildman–Crippen MR) is 88.2 cm³/mol. The first kappa shape index (κ1) is 15.2. The second kappa shape index (κ2) is 6.65. The van der Waals surface area contributed by atoms with Crippen LogP contribution in [0.5, 0.6) is 0 Å². The van der Waals surface area contributed by atoms with Gasteiger partial charge in [-0.2, -0.15) is 0 Å². The maximum atomic E-state index is 6.19. The fourth-order valence-corrected chi connectivity index (χ4v) is 4.14. The molecule has 2 aliphatic rings. The lowest BCUT2D eigenvalue weighted by molar-refractivity contribution is 0.00755. The Hall–Kier alpha value is -1.34. The van der Waals surface area contributed by atoms with E-state index in [-0.39, 0.29) is 6.10 Å². The molecule has 4 rings (SSSR count). The van der Waals surface area contributed by atoms with Gasteiger partial charge in [0.25, 0.3) is 0 Å². The number of likely N-dealkylation sites (tertiary alicyclic amines) is 1. The van der Waals surface area contributed by atoms with Gasteiger partial charge in [0.1, 0.15) is 0 Å². The zero-order valence-electron chi connectivity index (χ0n) is 13.2. The van der Waals surface area contributed by atoms with Gasteiger partial charge in [0.05, 0.1) is 36.6 Å². The fraction of sp³-hybridized carbons (Fsp3) is 0.529. The van der Waals surface area contributed by atoms with Crippen molar-refractivity contribution in [2.24, 2.45) is 5.92 Å². The molecule has 4 heterocycles. The molecule has 122 valence electrons. The maximum absolute atomic E-state index is 6.19. The Morgan fingerprint density at radius 1 is 1.43 bits per heavy atom. The van der Waals surface area contributed by atoms with Gasteiger partial charge in [0, 0.05) is 42.8 Å². The third-order valence-corrected chi connectivity index (χ3v) is 5.50. The molecule has 0 radical (unpaired) electrons. The Morgan fingerprint density at radius 2 is 2.39 bits per heavy atom. The van der Waals surface area contributed by atoms with Crippen LogP contribution in [0.4, 0.5) is 0 Å². The summed E-state index contributed by atoms with van der Waals surface area (Å²) < 4.78 is 11.9. The van der Waals surface area contributed by atoms with Crippen LogP contribution in [0.15, 0.2) is 29.9 Å². The summed E-state index contributed by atoms with van der Waals surface area (Å²) in [4.78, 5) is 11.2. The topological polar surface area (TPSA) is 47.5 Å². The largest absolute Gasteiger partial charge is 0.379 e. The number of ether oxygens (including phenoxy) is 2. The fourth-order valence-electron chi connectivity index (χ4n) is 3.54. The summed E-state index contributed by atoms with van der Waals surface area (Å²) in [6.45, 7) is 6.10. The number of aromatic nitrogens is 2. The van der Waals surface area contributed by atoms with Crippen molar-refractivity contribution >= 4 is 11.3 Å². The van der Waals surface area contributed by atoms with Gasteiger partial charge in [0.15, 0.2) is 0 Å². The number of nitrogens with zero attached hydrogens (tertiary/aromatic N) is 3. The molecule has 3 atom stereocenters. The monoisotopic (exact) mass is 331 g/mol. The zero-order chi connectivity index (χ0) is 15.6. The van der Waals surface area contributed by atoms with Gasteiger partial charge in [0.2, 0.25) is 0 Å². The highest BCUT2D eigenvalue weighted by Crippen LogP contribution is 2.33. The Labute approximate surface area is 140 Å². The van der Waals surface area contributed by atoms with Crippen molar-refractivity contribution in [1.29, 1.82) is 0 Å². The Bertz CT molecular complexity index is 648. The van der Waals surface area contributed by atoms with Gasteiger partial charge in [-0.1, -0.05) is 6.07 Å². The van der Waals surface area contributed by atoms with Crippen LogP contribution in [0.25, 0.3) is 0 Å². The first-order chi connectivity index (χ1) is 11.3. The van der Waals surface area contributed by atoms with Gasteiger partial charge in [-0.3, -0.25) is 9.88 Å². The summed E-state index contributed by atoms with van der Waals surface area (Å²) in [5.74, 6) is 0.464. The molecule has 2 saturated heterocycles. The molecule has 6 heteroatoms. The minimum absolute atomic E-state index is 0.223. The van der Waals surface area contributed by atoms with E-state index >= 15 is 0 Å². The van der Waals surface area contributed by atoms with E-state index < -0.39 is 0 Å². The van der Waals surface area contributed by atoms with Crippen molar-refractivity contribution in [3.63, 3.8) is 0 Å². The Morgan fingerprint density at radius 3 is 3.17 bits per heavy atom. The van der Waals surface area contributed by atoms with Gasteiger partial charge in [-0.15, -0.1) is 11.3 Å². The number of pyridine rings is 1. The molecule has 0 spiro atoms. The summed E-state index contributed by atoms with van der Waals surface area (Å²) in [6, 6.07) is 4.58. The van der Waals surface area contributed by atoms with E-state index in [0.717, 1.165) is 37.0 Å². The lowest BCUT2D eigenvalue weighted by Crippen LogP contribution is -2.32. The van der Waals surface area contributed by atoms with Crippen molar-refractivity contribution in [3.8, 4) is 0 Å². The van der Waals surface area contributed by atoms with Gasteiger partial charge >= 0.3 is 0 Å². The zero-order valence-corrected chi connectivity index (χ0v) is 14.0. The van der Waals surface area contributed by atoms with Crippen molar-refractivity contribution in [3.05, 3.63) is 46.2 Å². The summed E-state index contributed by atoms with van der Waals surface area (Å²) in [5.41, 5.74) is 2.28. The van der Waals surface area contributed by atoms with E-state index in [2.05, 4.69) is 26.3 Å². The molecule has 5 nitrogen and oxygen atoms in total.